The molecule has 0 aliphatic carbocycles. The Bertz CT molecular complexity index is 580. The first-order valence-corrected chi connectivity index (χ1v) is 6.25. The molecule has 2 heterocycles. The molecule has 5 nitrogen and oxygen atoms in total. The Morgan fingerprint density at radius 3 is 2.53 bits per heavy atom. The number of ether oxygens (including phenoxy) is 2. The third-order valence-electron chi connectivity index (χ3n) is 3.76. The smallest absolute Gasteiger partial charge is 0.310 e. The van der Waals surface area contributed by atoms with Crippen molar-refractivity contribution in [1.29, 1.82) is 5.26 Å². The van der Waals surface area contributed by atoms with Gasteiger partial charge in [-0.3, -0.25) is 4.79 Å². The van der Waals surface area contributed by atoms with Gasteiger partial charge in [0.25, 0.3) is 0 Å². The molecule has 0 saturated heterocycles. The summed E-state index contributed by atoms with van der Waals surface area (Å²) in [6.45, 7) is 2.63. The van der Waals surface area contributed by atoms with E-state index < -0.39 is 11.9 Å². The zero-order valence-electron chi connectivity index (χ0n) is 10.5. The molecule has 1 aromatic rings. The lowest BCUT2D eigenvalue weighted by molar-refractivity contribution is -0.138. The fourth-order valence-electron chi connectivity index (χ4n) is 2.84. The van der Waals surface area contributed by atoms with Crippen molar-refractivity contribution in [2.24, 2.45) is 0 Å². The van der Waals surface area contributed by atoms with Crippen molar-refractivity contribution in [2.45, 2.75) is 25.7 Å². The highest BCUT2D eigenvalue weighted by Gasteiger charge is 2.35. The maximum atomic E-state index is 11.3. The fraction of sp³-hybridized carbons (Fsp3) is 0.429. The highest BCUT2D eigenvalue weighted by atomic mass is 16.5. The monoisotopic (exact) mass is 259 g/mol. The summed E-state index contributed by atoms with van der Waals surface area (Å²) in [6, 6.07) is 2.17. The molecule has 2 aliphatic heterocycles. The highest BCUT2D eigenvalue weighted by Crippen LogP contribution is 2.46. The molecule has 3 rings (SSSR count). The molecular formula is C14H13NO4. The molecular weight excluding hydrogens is 246 g/mol. The summed E-state index contributed by atoms with van der Waals surface area (Å²) >= 11 is 0. The quantitative estimate of drug-likeness (QED) is 0.872. The summed E-state index contributed by atoms with van der Waals surface area (Å²) in [5.74, 6) is -0.392. The highest BCUT2D eigenvalue weighted by molar-refractivity contribution is 5.80. The molecule has 2 aliphatic rings. The van der Waals surface area contributed by atoms with Crippen LogP contribution in [0.15, 0.2) is 0 Å². The van der Waals surface area contributed by atoms with Gasteiger partial charge < -0.3 is 14.6 Å². The molecule has 1 unspecified atom stereocenters. The predicted molar refractivity (Wildman–Crippen MR) is 65.6 cm³/mol. The van der Waals surface area contributed by atoms with Gasteiger partial charge in [-0.05, 0) is 6.92 Å². The van der Waals surface area contributed by atoms with Gasteiger partial charge >= 0.3 is 5.97 Å². The number of aliphatic carboxylic acids is 1. The van der Waals surface area contributed by atoms with Crippen LogP contribution < -0.4 is 9.47 Å². The van der Waals surface area contributed by atoms with E-state index in [-0.39, 0.29) is 0 Å². The summed E-state index contributed by atoms with van der Waals surface area (Å²) in [4.78, 5) is 11.3. The maximum absolute atomic E-state index is 11.3. The van der Waals surface area contributed by atoms with Crippen LogP contribution in [-0.4, -0.2) is 24.3 Å². The third-order valence-corrected chi connectivity index (χ3v) is 3.76. The summed E-state index contributed by atoms with van der Waals surface area (Å²) in [6.07, 6.45) is 1.27. The molecule has 1 atom stereocenters. The fourth-order valence-corrected chi connectivity index (χ4v) is 2.84. The van der Waals surface area contributed by atoms with Gasteiger partial charge in [0.1, 0.15) is 23.1 Å². The van der Waals surface area contributed by atoms with E-state index in [1.165, 1.54) is 0 Å². The van der Waals surface area contributed by atoms with Gasteiger partial charge in [-0.2, -0.15) is 5.26 Å². The van der Waals surface area contributed by atoms with Gasteiger partial charge in [0.2, 0.25) is 0 Å². The Kier molecular flexibility index (Phi) is 2.59. The van der Waals surface area contributed by atoms with Gasteiger partial charge in [-0.25, -0.2) is 0 Å². The minimum atomic E-state index is -0.892. The molecule has 0 aromatic heterocycles. The Hall–Kier alpha value is -2.22. The van der Waals surface area contributed by atoms with Crippen LogP contribution in [0.3, 0.4) is 0 Å². The molecule has 0 spiro atoms. The van der Waals surface area contributed by atoms with Crippen LogP contribution >= 0.6 is 0 Å². The molecule has 0 amide bonds. The summed E-state index contributed by atoms with van der Waals surface area (Å²) in [5, 5.41) is 18.6. The van der Waals surface area contributed by atoms with Crippen LogP contribution in [0.25, 0.3) is 0 Å². The Labute approximate surface area is 110 Å². The average Bonchev–Trinajstić information content (AvgIpc) is 3.02. The molecule has 5 heteroatoms. The summed E-state index contributed by atoms with van der Waals surface area (Å²) < 4.78 is 11.1. The average molecular weight is 259 g/mol. The van der Waals surface area contributed by atoms with Gasteiger partial charge in [0, 0.05) is 29.5 Å². The van der Waals surface area contributed by atoms with Crippen molar-refractivity contribution < 1.29 is 19.4 Å². The van der Waals surface area contributed by atoms with Crippen molar-refractivity contribution in [3.63, 3.8) is 0 Å². The van der Waals surface area contributed by atoms with E-state index in [1.54, 1.807) is 6.92 Å². The van der Waals surface area contributed by atoms with Crippen molar-refractivity contribution in [1.82, 2.24) is 0 Å². The van der Waals surface area contributed by atoms with E-state index in [2.05, 4.69) is 6.07 Å². The lowest BCUT2D eigenvalue weighted by Gasteiger charge is -2.17. The lowest BCUT2D eigenvalue weighted by Crippen LogP contribution is -2.11. The lowest BCUT2D eigenvalue weighted by atomic mass is 9.88. The Morgan fingerprint density at radius 2 is 1.89 bits per heavy atom. The maximum Gasteiger partial charge on any atom is 0.310 e. The summed E-state index contributed by atoms with van der Waals surface area (Å²) in [5.41, 5.74) is 2.83. The van der Waals surface area contributed by atoms with Gasteiger partial charge in [0.05, 0.1) is 19.1 Å². The SMILES string of the molecule is CC(C(=O)O)c1c2c(c(C#N)c3c1OCC3)OCC2. The number of carbonyl (C=O) groups is 1. The van der Waals surface area contributed by atoms with Gasteiger partial charge in [0.15, 0.2) is 0 Å². The minimum absolute atomic E-state index is 0.492. The molecule has 0 saturated carbocycles. The number of rotatable bonds is 2. The van der Waals surface area contributed by atoms with Crippen LogP contribution in [0, 0.1) is 11.3 Å². The molecule has 19 heavy (non-hydrogen) atoms. The molecule has 98 valence electrons. The predicted octanol–water partition coefficient (Wildman–Crippen LogP) is 1.62. The normalized spacial score (nSPS) is 16.8. The number of fused-ring (bicyclic) bond motifs is 2. The van der Waals surface area contributed by atoms with Crippen molar-refractivity contribution >= 4 is 5.97 Å². The van der Waals surface area contributed by atoms with Crippen LogP contribution in [0.2, 0.25) is 0 Å². The minimum Gasteiger partial charge on any atom is -0.493 e. The molecule has 0 fully saturated rings. The third kappa shape index (κ3) is 1.56. The zero-order chi connectivity index (χ0) is 13.6. The summed E-state index contributed by atoms with van der Waals surface area (Å²) in [7, 11) is 0. The van der Waals surface area contributed by atoms with Crippen molar-refractivity contribution in [3.05, 3.63) is 22.3 Å². The van der Waals surface area contributed by atoms with E-state index in [0.29, 0.717) is 48.7 Å². The topological polar surface area (TPSA) is 79.5 Å². The molecule has 1 aromatic carbocycles. The number of carboxylic acid groups (broad SMARTS) is 1. The van der Waals surface area contributed by atoms with E-state index >= 15 is 0 Å². The van der Waals surface area contributed by atoms with Gasteiger partial charge in [-0.15, -0.1) is 0 Å². The second-order valence-electron chi connectivity index (χ2n) is 4.77. The van der Waals surface area contributed by atoms with Crippen molar-refractivity contribution in [2.75, 3.05) is 13.2 Å². The largest absolute Gasteiger partial charge is 0.493 e. The Morgan fingerprint density at radius 1 is 1.26 bits per heavy atom. The Balaban J connectivity index is 2.31. The number of nitrogens with zero attached hydrogens (tertiary/aromatic N) is 1. The molecule has 0 radical (unpaired) electrons. The van der Waals surface area contributed by atoms with E-state index in [1.807, 2.05) is 0 Å². The van der Waals surface area contributed by atoms with E-state index in [9.17, 15) is 15.2 Å². The van der Waals surface area contributed by atoms with Crippen LogP contribution in [0.5, 0.6) is 11.5 Å². The van der Waals surface area contributed by atoms with Gasteiger partial charge in [-0.1, -0.05) is 0 Å². The molecule has 0 bridgehead atoms. The number of hydrogen-bond acceptors (Lipinski definition) is 4. The molecule has 1 N–H and O–H groups in total. The first-order chi connectivity index (χ1) is 9.15. The number of benzene rings is 1. The second-order valence-corrected chi connectivity index (χ2v) is 4.77. The van der Waals surface area contributed by atoms with E-state index in [4.69, 9.17) is 9.47 Å². The number of nitriles is 1. The number of carboxylic acids is 1. The van der Waals surface area contributed by atoms with Crippen LogP contribution in [0.1, 0.15) is 35.1 Å². The first kappa shape index (κ1) is 11.8. The van der Waals surface area contributed by atoms with Crippen LogP contribution in [0.4, 0.5) is 0 Å². The standard InChI is InChI=1S/C14H13NO4/c1-7(14(16)17)11-9-3-5-18-12(9)10(6-15)8-2-4-19-13(8)11/h7H,2-5H2,1H3,(H,16,17). The first-order valence-electron chi connectivity index (χ1n) is 6.25. The van der Waals surface area contributed by atoms with Crippen molar-refractivity contribution in [3.8, 4) is 17.6 Å². The van der Waals surface area contributed by atoms with Crippen LogP contribution in [-0.2, 0) is 17.6 Å². The zero-order valence-corrected chi connectivity index (χ0v) is 10.5. The second kappa shape index (κ2) is 4.16. The van der Waals surface area contributed by atoms with E-state index in [0.717, 1.165) is 11.1 Å². The number of hydrogen-bond donors (Lipinski definition) is 1.